The quantitative estimate of drug-likeness (QED) is 0.823. The standard InChI is InChI=1S/C17H25F2NO/c1-12-9-16(19)14(10-15(12)18)13(2)20-11-17(21)7-5-3-4-6-8-17/h9-10,13,20-21H,3-8,11H2,1-2H3. The minimum atomic E-state index is -0.718. The maximum absolute atomic E-state index is 13.9. The molecule has 0 radical (unpaired) electrons. The van der Waals surface area contributed by atoms with Crippen molar-refractivity contribution in [3.05, 3.63) is 34.9 Å². The number of rotatable bonds is 4. The molecule has 0 aromatic heterocycles. The van der Waals surface area contributed by atoms with Crippen LogP contribution in [-0.2, 0) is 0 Å². The fourth-order valence-corrected chi connectivity index (χ4v) is 3.01. The second-order valence-corrected chi connectivity index (χ2v) is 6.36. The van der Waals surface area contributed by atoms with Gasteiger partial charge in [0.15, 0.2) is 0 Å². The largest absolute Gasteiger partial charge is 0.389 e. The lowest BCUT2D eigenvalue weighted by atomic mass is 9.93. The molecule has 0 saturated heterocycles. The van der Waals surface area contributed by atoms with E-state index in [1.807, 2.05) is 0 Å². The molecule has 4 heteroatoms. The molecular weight excluding hydrogens is 272 g/mol. The van der Waals surface area contributed by atoms with E-state index < -0.39 is 17.2 Å². The van der Waals surface area contributed by atoms with Gasteiger partial charge in [0, 0.05) is 18.2 Å². The maximum Gasteiger partial charge on any atom is 0.128 e. The van der Waals surface area contributed by atoms with Gasteiger partial charge in [0.05, 0.1) is 5.60 Å². The van der Waals surface area contributed by atoms with Crippen molar-refractivity contribution in [3.63, 3.8) is 0 Å². The zero-order valence-corrected chi connectivity index (χ0v) is 12.9. The van der Waals surface area contributed by atoms with Gasteiger partial charge in [0.1, 0.15) is 11.6 Å². The van der Waals surface area contributed by atoms with Crippen molar-refractivity contribution in [1.29, 1.82) is 0 Å². The van der Waals surface area contributed by atoms with Crippen LogP contribution >= 0.6 is 0 Å². The van der Waals surface area contributed by atoms with Crippen LogP contribution < -0.4 is 5.32 Å². The van der Waals surface area contributed by atoms with E-state index in [9.17, 15) is 13.9 Å². The second-order valence-electron chi connectivity index (χ2n) is 6.36. The van der Waals surface area contributed by atoms with Gasteiger partial charge in [0.2, 0.25) is 0 Å². The summed E-state index contributed by atoms with van der Waals surface area (Å²) in [6.07, 6.45) is 5.93. The third kappa shape index (κ3) is 4.24. The molecule has 118 valence electrons. The van der Waals surface area contributed by atoms with E-state index in [-0.39, 0.29) is 6.04 Å². The first kappa shape index (κ1) is 16.4. The minimum Gasteiger partial charge on any atom is -0.389 e. The highest BCUT2D eigenvalue weighted by Gasteiger charge is 2.28. The molecule has 0 bridgehead atoms. The Hall–Kier alpha value is -1.00. The molecule has 2 N–H and O–H groups in total. The number of halogens is 2. The Morgan fingerprint density at radius 2 is 1.76 bits per heavy atom. The molecule has 0 amide bonds. The van der Waals surface area contributed by atoms with Crippen molar-refractivity contribution >= 4 is 0 Å². The van der Waals surface area contributed by atoms with Crippen molar-refractivity contribution in [2.75, 3.05) is 6.54 Å². The van der Waals surface area contributed by atoms with Crippen molar-refractivity contribution < 1.29 is 13.9 Å². The van der Waals surface area contributed by atoms with Crippen LogP contribution in [0.4, 0.5) is 8.78 Å². The molecule has 0 heterocycles. The molecule has 0 aliphatic heterocycles. The average molecular weight is 297 g/mol. The number of benzene rings is 1. The summed E-state index contributed by atoms with van der Waals surface area (Å²) in [5.74, 6) is -0.796. The topological polar surface area (TPSA) is 32.3 Å². The Balaban J connectivity index is 2.01. The summed E-state index contributed by atoms with van der Waals surface area (Å²) in [6.45, 7) is 3.77. The fourth-order valence-electron chi connectivity index (χ4n) is 3.01. The maximum atomic E-state index is 13.9. The lowest BCUT2D eigenvalue weighted by Gasteiger charge is -2.29. The van der Waals surface area contributed by atoms with Crippen molar-refractivity contribution in [1.82, 2.24) is 5.32 Å². The van der Waals surface area contributed by atoms with Crippen molar-refractivity contribution in [3.8, 4) is 0 Å². The van der Waals surface area contributed by atoms with Crippen molar-refractivity contribution in [2.24, 2.45) is 0 Å². The molecule has 1 aliphatic rings. The SMILES string of the molecule is Cc1cc(F)c(C(C)NCC2(O)CCCCCC2)cc1F. The van der Waals surface area contributed by atoms with Gasteiger partial charge in [-0.25, -0.2) is 8.78 Å². The first-order valence-electron chi connectivity index (χ1n) is 7.83. The van der Waals surface area contributed by atoms with E-state index in [0.29, 0.717) is 17.7 Å². The normalized spacial score (nSPS) is 20.0. The number of aryl methyl sites for hydroxylation is 1. The summed E-state index contributed by atoms with van der Waals surface area (Å²) in [4.78, 5) is 0. The number of nitrogens with one attached hydrogen (secondary N) is 1. The van der Waals surface area contributed by atoms with Crippen LogP contribution in [0.15, 0.2) is 12.1 Å². The van der Waals surface area contributed by atoms with E-state index in [0.717, 1.165) is 38.5 Å². The van der Waals surface area contributed by atoms with Crippen LogP contribution in [0.3, 0.4) is 0 Å². The summed E-state index contributed by atoms with van der Waals surface area (Å²) < 4.78 is 27.5. The highest BCUT2D eigenvalue weighted by Crippen LogP contribution is 2.27. The monoisotopic (exact) mass is 297 g/mol. The molecule has 1 fully saturated rings. The molecule has 1 saturated carbocycles. The fraction of sp³-hybridized carbons (Fsp3) is 0.647. The third-order valence-electron chi connectivity index (χ3n) is 4.52. The van der Waals surface area contributed by atoms with Crippen LogP contribution in [0.25, 0.3) is 0 Å². The zero-order chi connectivity index (χ0) is 15.5. The molecule has 2 nitrogen and oxygen atoms in total. The summed E-state index contributed by atoms with van der Waals surface area (Å²) >= 11 is 0. The Morgan fingerprint density at radius 3 is 2.38 bits per heavy atom. The van der Waals surface area contributed by atoms with E-state index in [2.05, 4.69) is 5.32 Å². The highest BCUT2D eigenvalue weighted by molar-refractivity contribution is 5.27. The zero-order valence-electron chi connectivity index (χ0n) is 12.9. The van der Waals surface area contributed by atoms with E-state index in [1.54, 1.807) is 13.8 Å². The van der Waals surface area contributed by atoms with E-state index >= 15 is 0 Å². The third-order valence-corrected chi connectivity index (χ3v) is 4.52. The van der Waals surface area contributed by atoms with Gasteiger partial charge < -0.3 is 10.4 Å². The lowest BCUT2D eigenvalue weighted by molar-refractivity contribution is 0.0230. The molecule has 1 aromatic carbocycles. The lowest BCUT2D eigenvalue weighted by Crippen LogP contribution is -2.41. The van der Waals surface area contributed by atoms with Crippen LogP contribution in [0.2, 0.25) is 0 Å². The number of hydrogen-bond donors (Lipinski definition) is 2. The summed E-state index contributed by atoms with van der Waals surface area (Å²) in [5, 5.41) is 13.8. The molecule has 1 aromatic rings. The molecule has 1 unspecified atom stereocenters. The van der Waals surface area contributed by atoms with Gasteiger partial charge in [-0.2, -0.15) is 0 Å². The molecule has 1 atom stereocenters. The van der Waals surface area contributed by atoms with Crippen LogP contribution in [-0.4, -0.2) is 17.3 Å². The molecule has 1 aliphatic carbocycles. The van der Waals surface area contributed by atoms with E-state index in [1.165, 1.54) is 12.1 Å². The smallest absolute Gasteiger partial charge is 0.128 e. The summed E-state index contributed by atoms with van der Waals surface area (Å²) in [6, 6.07) is 2.15. The first-order chi connectivity index (χ1) is 9.91. The Bertz CT molecular complexity index is 482. The van der Waals surface area contributed by atoms with Gasteiger partial charge in [-0.3, -0.25) is 0 Å². The number of aliphatic hydroxyl groups is 1. The predicted molar refractivity (Wildman–Crippen MR) is 80.2 cm³/mol. The Labute approximate surface area is 125 Å². The minimum absolute atomic E-state index is 0.311. The van der Waals surface area contributed by atoms with Gasteiger partial charge in [-0.05, 0) is 44.4 Å². The van der Waals surface area contributed by atoms with Gasteiger partial charge in [-0.1, -0.05) is 25.7 Å². The predicted octanol–water partition coefficient (Wildman–Crippen LogP) is 4.01. The second kappa shape index (κ2) is 6.84. The molecule has 2 rings (SSSR count). The Kier molecular flexibility index (Phi) is 5.33. The van der Waals surface area contributed by atoms with Crippen LogP contribution in [0.1, 0.15) is 62.6 Å². The van der Waals surface area contributed by atoms with Crippen LogP contribution in [0.5, 0.6) is 0 Å². The van der Waals surface area contributed by atoms with Crippen molar-refractivity contribution in [2.45, 2.75) is 64.0 Å². The molecule has 21 heavy (non-hydrogen) atoms. The van der Waals surface area contributed by atoms with Gasteiger partial charge >= 0.3 is 0 Å². The number of hydrogen-bond acceptors (Lipinski definition) is 2. The molecule has 0 spiro atoms. The molecular formula is C17H25F2NO. The van der Waals surface area contributed by atoms with E-state index in [4.69, 9.17) is 0 Å². The van der Waals surface area contributed by atoms with Gasteiger partial charge in [0.25, 0.3) is 0 Å². The van der Waals surface area contributed by atoms with Gasteiger partial charge in [-0.15, -0.1) is 0 Å². The Morgan fingerprint density at radius 1 is 1.14 bits per heavy atom. The van der Waals surface area contributed by atoms with Crippen LogP contribution in [0, 0.1) is 18.6 Å². The average Bonchev–Trinajstić information content (AvgIpc) is 2.66. The first-order valence-corrected chi connectivity index (χ1v) is 7.83. The summed E-state index contributed by atoms with van der Waals surface area (Å²) in [7, 11) is 0. The summed E-state index contributed by atoms with van der Waals surface area (Å²) in [5.41, 5.74) is -0.0917. The highest BCUT2D eigenvalue weighted by atomic mass is 19.1.